The van der Waals surface area contributed by atoms with Gasteiger partial charge in [-0.25, -0.2) is 4.79 Å². The minimum atomic E-state index is -3.27. The van der Waals surface area contributed by atoms with Crippen LogP contribution in [0, 0.1) is 0 Å². The van der Waals surface area contributed by atoms with Gasteiger partial charge in [-0.1, -0.05) is 42.5 Å². The van der Waals surface area contributed by atoms with Gasteiger partial charge >= 0.3 is 11.2 Å². The number of fused-ring (bicyclic) bond motifs is 1. The predicted molar refractivity (Wildman–Crippen MR) is 86.3 cm³/mol. The van der Waals surface area contributed by atoms with Gasteiger partial charge in [-0.2, -0.15) is 8.78 Å². The molecule has 0 aliphatic carbocycles. The fourth-order valence-corrected chi connectivity index (χ4v) is 3.60. The lowest BCUT2D eigenvalue weighted by atomic mass is 10.1. The number of Topliss-reactive ketones (excluding diaryl/α,β-unsaturated/α-hetero) is 1. The highest BCUT2D eigenvalue weighted by molar-refractivity contribution is 8.05. The molecular weight excluding hydrogens is 336 g/mol. The molecule has 0 spiro atoms. The molecule has 3 rings (SSSR count). The molecule has 0 saturated carbocycles. The van der Waals surface area contributed by atoms with Gasteiger partial charge in [0.25, 0.3) is 0 Å². The number of carbonyl (C=O) groups is 2. The molecule has 124 valence electrons. The van der Waals surface area contributed by atoms with Crippen molar-refractivity contribution in [2.75, 3.05) is 7.11 Å². The van der Waals surface area contributed by atoms with Crippen molar-refractivity contribution < 1.29 is 23.1 Å². The standard InChI is InChI=1S/C17H13F2NO3S/c1-23-16(22)13-15(14(21)11-7-3-2-4-8-11)24-17(18,19)12-9-5-6-10-20(12)13/h2-10,12H,1H3. The van der Waals surface area contributed by atoms with Crippen molar-refractivity contribution in [3.8, 4) is 0 Å². The lowest BCUT2D eigenvalue weighted by Crippen LogP contribution is -2.48. The molecule has 0 saturated heterocycles. The largest absolute Gasteiger partial charge is 0.464 e. The summed E-state index contributed by atoms with van der Waals surface area (Å²) in [7, 11) is 1.15. The molecule has 1 aromatic rings. The second-order valence-corrected chi connectivity index (χ2v) is 6.26. The molecule has 0 N–H and O–H groups in total. The number of allylic oxidation sites excluding steroid dienone is 3. The van der Waals surface area contributed by atoms with Crippen molar-refractivity contribution in [1.29, 1.82) is 0 Å². The summed E-state index contributed by atoms with van der Waals surface area (Å²) in [5, 5.41) is -3.27. The van der Waals surface area contributed by atoms with Gasteiger partial charge in [-0.05, 0) is 17.8 Å². The first-order valence-corrected chi connectivity index (χ1v) is 7.90. The first-order valence-electron chi connectivity index (χ1n) is 7.08. The molecule has 1 aromatic carbocycles. The van der Waals surface area contributed by atoms with E-state index >= 15 is 0 Å². The Labute approximate surface area is 141 Å². The SMILES string of the molecule is COC(=O)C1=C(C(=O)c2ccccc2)SC(F)(F)C2C=CC=CN12. The third-order valence-corrected chi connectivity index (χ3v) is 4.72. The van der Waals surface area contributed by atoms with E-state index in [0.717, 1.165) is 12.0 Å². The summed E-state index contributed by atoms with van der Waals surface area (Å²) in [5.74, 6) is -1.47. The molecule has 0 bridgehead atoms. The van der Waals surface area contributed by atoms with E-state index in [2.05, 4.69) is 0 Å². The summed E-state index contributed by atoms with van der Waals surface area (Å²) < 4.78 is 33.7. The van der Waals surface area contributed by atoms with E-state index in [1.54, 1.807) is 18.2 Å². The molecule has 1 unspecified atom stereocenters. The number of esters is 1. The van der Waals surface area contributed by atoms with Crippen LogP contribution in [0.5, 0.6) is 0 Å². The van der Waals surface area contributed by atoms with E-state index in [1.807, 2.05) is 0 Å². The molecule has 24 heavy (non-hydrogen) atoms. The maximum absolute atomic E-state index is 14.5. The fraction of sp³-hybridized carbons (Fsp3) is 0.176. The van der Waals surface area contributed by atoms with Gasteiger partial charge in [-0.3, -0.25) is 4.79 Å². The van der Waals surface area contributed by atoms with E-state index in [1.165, 1.54) is 36.6 Å². The van der Waals surface area contributed by atoms with Crippen LogP contribution in [0.15, 0.2) is 65.4 Å². The Morgan fingerprint density at radius 2 is 1.92 bits per heavy atom. The van der Waals surface area contributed by atoms with Crippen molar-refractivity contribution in [2.45, 2.75) is 11.3 Å². The number of ketones is 1. The molecular formula is C17H13F2NO3S. The summed E-state index contributed by atoms with van der Waals surface area (Å²) in [6.07, 6.45) is 5.65. The Kier molecular flexibility index (Phi) is 4.28. The third kappa shape index (κ3) is 2.75. The van der Waals surface area contributed by atoms with E-state index in [4.69, 9.17) is 4.74 Å². The number of hydrogen-bond acceptors (Lipinski definition) is 5. The summed E-state index contributed by atoms with van der Waals surface area (Å²) in [6, 6.07) is 6.65. The molecule has 4 nitrogen and oxygen atoms in total. The van der Waals surface area contributed by atoms with Gasteiger partial charge in [0.2, 0.25) is 5.78 Å². The van der Waals surface area contributed by atoms with Crippen molar-refractivity contribution >= 4 is 23.5 Å². The highest BCUT2D eigenvalue weighted by Crippen LogP contribution is 2.49. The predicted octanol–water partition coefficient (Wildman–Crippen LogP) is 3.35. The average molecular weight is 349 g/mol. The number of benzene rings is 1. The highest BCUT2D eigenvalue weighted by Gasteiger charge is 2.52. The van der Waals surface area contributed by atoms with Crippen LogP contribution in [0.3, 0.4) is 0 Å². The molecule has 0 aromatic heterocycles. The van der Waals surface area contributed by atoms with Gasteiger partial charge in [0.15, 0.2) is 0 Å². The number of carbonyl (C=O) groups excluding carboxylic acids is 2. The Balaban J connectivity index is 2.16. The summed E-state index contributed by atoms with van der Waals surface area (Å²) in [5.41, 5.74) is 0.0556. The van der Waals surface area contributed by atoms with Crippen LogP contribution in [0.25, 0.3) is 0 Å². The van der Waals surface area contributed by atoms with Gasteiger partial charge in [0, 0.05) is 11.8 Å². The maximum atomic E-state index is 14.5. The Morgan fingerprint density at radius 3 is 2.58 bits per heavy atom. The van der Waals surface area contributed by atoms with E-state index in [0.29, 0.717) is 0 Å². The van der Waals surface area contributed by atoms with Crippen LogP contribution in [-0.4, -0.2) is 35.1 Å². The Bertz CT molecular complexity index is 771. The van der Waals surface area contributed by atoms with Crippen LogP contribution in [0.1, 0.15) is 10.4 Å². The summed E-state index contributed by atoms with van der Waals surface area (Å²) in [6.45, 7) is 0. The third-order valence-electron chi connectivity index (χ3n) is 3.63. The number of alkyl halides is 2. The zero-order valence-corrected chi connectivity index (χ0v) is 13.4. The number of rotatable bonds is 3. The molecule has 7 heteroatoms. The monoisotopic (exact) mass is 349 g/mol. The molecule has 2 heterocycles. The van der Waals surface area contributed by atoms with E-state index < -0.39 is 23.0 Å². The van der Waals surface area contributed by atoms with E-state index in [-0.39, 0.29) is 27.9 Å². The summed E-state index contributed by atoms with van der Waals surface area (Å²) >= 11 is 0.0982. The first-order chi connectivity index (χ1) is 11.5. The van der Waals surface area contributed by atoms with Crippen molar-refractivity contribution in [3.05, 3.63) is 70.9 Å². The summed E-state index contributed by atoms with van der Waals surface area (Å²) in [4.78, 5) is 25.7. The van der Waals surface area contributed by atoms with Crippen molar-refractivity contribution in [2.24, 2.45) is 0 Å². The minimum absolute atomic E-state index is 0.0982. The van der Waals surface area contributed by atoms with Gasteiger partial charge in [-0.15, -0.1) is 0 Å². The zero-order valence-electron chi connectivity index (χ0n) is 12.6. The topological polar surface area (TPSA) is 46.6 Å². The van der Waals surface area contributed by atoms with Crippen molar-refractivity contribution in [3.63, 3.8) is 0 Å². The van der Waals surface area contributed by atoms with Gasteiger partial charge in [0.05, 0.1) is 12.0 Å². The normalized spacial score (nSPS) is 21.5. The maximum Gasteiger partial charge on any atom is 0.356 e. The van der Waals surface area contributed by atoms with Crippen LogP contribution >= 0.6 is 11.8 Å². The molecule has 1 atom stereocenters. The van der Waals surface area contributed by atoms with Crippen LogP contribution < -0.4 is 0 Å². The lowest BCUT2D eigenvalue weighted by Gasteiger charge is -2.40. The second kappa shape index (κ2) is 6.24. The van der Waals surface area contributed by atoms with Crippen LogP contribution in [-0.2, 0) is 9.53 Å². The molecule has 2 aliphatic heterocycles. The number of methoxy groups -OCH3 is 1. The Hall–Kier alpha value is -2.41. The number of halogens is 2. The van der Waals surface area contributed by atoms with E-state index in [9.17, 15) is 18.4 Å². The minimum Gasteiger partial charge on any atom is -0.464 e. The van der Waals surface area contributed by atoms with Crippen LogP contribution in [0.2, 0.25) is 0 Å². The molecule has 0 amide bonds. The van der Waals surface area contributed by atoms with Crippen molar-refractivity contribution in [1.82, 2.24) is 4.90 Å². The zero-order chi connectivity index (χ0) is 17.3. The lowest BCUT2D eigenvalue weighted by molar-refractivity contribution is -0.138. The Morgan fingerprint density at radius 1 is 1.21 bits per heavy atom. The number of ether oxygens (including phenoxy) is 1. The fourth-order valence-electron chi connectivity index (χ4n) is 2.52. The molecule has 0 radical (unpaired) electrons. The smallest absolute Gasteiger partial charge is 0.356 e. The van der Waals surface area contributed by atoms with Gasteiger partial charge in [0.1, 0.15) is 11.7 Å². The molecule has 2 aliphatic rings. The van der Waals surface area contributed by atoms with Gasteiger partial charge < -0.3 is 9.64 Å². The quantitative estimate of drug-likeness (QED) is 0.619. The molecule has 0 fully saturated rings. The number of hydrogen-bond donors (Lipinski definition) is 0. The number of nitrogens with zero attached hydrogens (tertiary/aromatic N) is 1. The average Bonchev–Trinajstić information content (AvgIpc) is 2.61. The van der Waals surface area contributed by atoms with Crippen LogP contribution in [0.4, 0.5) is 8.78 Å². The first kappa shape index (κ1) is 16.4. The second-order valence-electron chi connectivity index (χ2n) is 5.11. The highest BCUT2D eigenvalue weighted by atomic mass is 32.2. The number of thioether (sulfide) groups is 1.